The first kappa shape index (κ1) is 14.2. The van der Waals surface area contributed by atoms with Crippen LogP contribution in [0.25, 0.3) is 0 Å². The highest BCUT2D eigenvalue weighted by Gasteiger charge is 2.19. The van der Waals surface area contributed by atoms with Crippen LogP contribution in [0.5, 0.6) is 0 Å². The Bertz CT molecular complexity index is 632. The summed E-state index contributed by atoms with van der Waals surface area (Å²) in [5.74, 6) is 2.31. The smallest absolute Gasteiger partial charge is 0.225 e. The first-order valence-electron chi connectivity index (χ1n) is 7.08. The predicted octanol–water partition coefficient (Wildman–Crippen LogP) is -0.195. The lowest BCUT2D eigenvalue weighted by Gasteiger charge is -2.35. The van der Waals surface area contributed by atoms with Gasteiger partial charge in [-0.2, -0.15) is 4.98 Å². The van der Waals surface area contributed by atoms with Gasteiger partial charge in [0, 0.05) is 45.5 Å². The second-order valence-corrected chi connectivity index (χ2v) is 4.93. The molecule has 116 valence electrons. The molecule has 0 aromatic carbocycles. The van der Waals surface area contributed by atoms with E-state index in [0.717, 1.165) is 32.1 Å². The van der Waals surface area contributed by atoms with Gasteiger partial charge in [0.25, 0.3) is 0 Å². The lowest BCUT2D eigenvalue weighted by atomic mass is 10.3. The van der Waals surface area contributed by atoms with Crippen molar-refractivity contribution in [2.45, 2.75) is 13.5 Å². The topological polar surface area (TPSA) is 110 Å². The van der Waals surface area contributed by atoms with E-state index in [1.807, 2.05) is 11.0 Å². The standard InChI is InChI=1S/C13H18N8O/c1-10-18-11(19-22-10)9-17-12(14)20-5-7-21(8-6-20)13-15-3-2-4-16-13/h2-4H,5-9H2,1H3,(H2,14,17). The minimum Gasteiger partial charge on any atom is -0.370 e. The summed E-state index contributed by atoms with van der Waals surface area (Å²) in [6.45, 7) is 5.24. The van der Waals surface area contributed by atoms with Gasteiger partial charge in [-0.25, -0.2) is 15.0 Å². The molecule has 0 radical (unpaired) electrons. The molecule has 3 heterocycles. The molecule has 2 N–H and O–H groups in total. The summed E-state index contributed by atoms with van der Waals surface area (Å²) in [4.78, 5) is 21.1. The summed E-state index contributed by atoms with van der Waals surface area (Å²) in [7, 11) is 0. The van der Waals surface area contributed by atoms with Crippen LogP contribution in [0.3, 0.4) is 0 Å². The Morgan fingerprint density at radius 3 is 2.64 bits per heavy atom. The molecule has 0 spiro atoms. The highest BCUT2D eigenvalue weighted by Crippen LogP contribution is 2.09. The van der Waals surface area contributed by atoms with Gasteiger partial charge >= 0.3 is 0 Å². The van der Waals surface area contributed by atoms with Gasteiger partial charge in [0.2, 0.25) is 11.8 Å². The molecule has 1 aliphatic rings. The average molecular weight is 302 g/mol. The van der Waals surface area contributed by atoms with E-state index in [4.69, 9.17) is 10.3 Å². The van der Waals surface area contributed by atoms with Gasteiger partial charge in [-0.15, -0.1) is 0 Å². The van der Waals surface area contributed by atoms with E-state index >= 15 is 0 Å². The lowest BCUT2D eigenvalue weighted by Crippen LogP contribution is -2.51. The third-order valence-electron chi connectivity index (χ3n) is 3.39. The molecular weight excluding hydrogens is 284 g/mol. The molecule has 22 heavy (non-hydrogen) atoms. The van der Waals surface area contributed by atoms with E-state index in [9.17, 15) is 0 Å². The van der Waals surface area contributed by atoms with Crippen LogP contribution in [0, 0.1) is 6.92 Å². The zero-order valence-electron chi connectivity index (χ0n) is 12.4. The number of aliphatic imine (C=N–C) groups is 1. The summed E-state index contributed by atoms with van der Waals surface area (Å²) >= 11 is 0. The molecule has 2 aromatic heterocycles. The van der Waals surface area contributed by atoms with Gasteiger partial charge in [-0.1, -0.05) is 5.16 Å². The fraction of sp³-hybridized carbons (Fsp3) is 0.462. The maximum Gasteiger partial charge on any atom is 0.225 e. The molecule has 2 aromatic rings. The number of piperazine rings is 1. The van der Waals surface area contributed by atoms with Crippen molar-refractivity contribution in [2.24, 2.45) is 10.7 Å². The molecular formula is C13H18N8O. The predicted molar refractivity (Wildman–Crippen MR) is 80.2 cm³/mol. The zero-order valence-corrected chi connectivity index (χ0v) is 12.4. The van der Waals surface area contributed by atoms with Gasteiger partial charge in [0.05, 0.1) is 0 Å². The molecule has 0 bridgehead atoms. The Labute approximate surface area is 127 Å². The highest BCUT2D eigenvalue weighted by molar-refractivity contribution is 5.78. The minimum atomic E-state index is 0.325. The third-order valence-corrected chi connectivity index (χ3v) is 3.39. The Balaban J connectivity index is 1.54. The number of guanidine groups is 1. The van der Waals surface area contributed by atoms with Crippen LogP contribution in [-0.4, -0.2) is 57.1 Å². The van der Waals surface area contributed by atoms with Gasteiger partial charge in [0.1, 0.15) is 6.54 Å². The second-order valence-electron chi connectivity index (χ2n) is 4.93. The fourth-order valence-corrected chi connectivity index (χ4v) is 2.25. The minimum absolute atomic E-state index is 0.325. The molecule has 1 aliphatic heterocycles. The van der Waals surface area contributed by atoms with Gasteiger partial charge in [-0.3, -0.25) is 0 Å². The van der Waals surface area contributed by atoms with E-state index in [-0.39, 0.29) is 0 Å². The molecule has 1 saturated heterocycles. The van der Waals surface area contributed by atoms with Crippen LogP contribution in [0.15, 0.2) is 28.0 Å². The number of rotatable bonds is 3. The SMILES string of the molecule is Cc1nc(CN=C(N)N2CCN(c3ncccn3)CC2)no1. The van der Waals surface area contributed by atoms with Crippen LogP contribution in [-0.2, 0) is 6.54 Å². The highest BCUT2D eigenvalue weighted by atomic mass is 16.5. The van der Waals surface area contributed by atoms with Crippen LogP contribution >= 0.6 is 0 Å². The first-order chi connectivity index (χ1) is 10.7. The largest absolute Gasteiger partial charge is 0.370 e. The Kier molecular flexibility index (Phi) is 4.12. The van der Waals surface area contributed by atoms with Crippen LogP contribution in [0.2, 0.25) is 0 Å². The molecule has 9 heteroatoms. The average Bonchev–Trinajstić information content (AvgIpc) is 2.99. The van der Waals surface area contributed by atoms with Gasteiger partial charge < -0.3 is 20.1 Å². The van der Waals surface area contributed by atoms with E-state index in [1.165, 1.54) is 0 Å². The number of nitrogens with zero attached hydrogens (tertiary/aromatic N) is 7. The van der Waals surface area contributed by atoms with Crippen molar-refractivity contribution in [2.75, 3.05) is 31.1 Å². The monoisotopic (exact) mass is 302 g/mol. The summed E-state index contributed by atoms with van der Waals surface area (Å²) < 4.78 is 4.90. The van der Waals surface area contributed by atoms with Crippen molar-refractivity contribution in [3.8, 4) is 0 Å². The number of hydrogen-bond acceptors (Lipinski definition) is 7. The molecule has 0 unspecified atom stereocenters. The van der Waals surface area contributed by atoms with E-state index in [2.05, 4.69) is 30.0 Å². The van der Waals surface area contributed by atoms with Gasteiger partial charge in [-0.05, 0) is 6.07 Å². The van der Waals surface area contributed by atoms with Crippen molar-refractivity contribution in [1.29, 1.82) is 0 Å². The molecule has 0 aliphatic carbocycles. The van der Waals surface area contributed by atoms with E-state index in [0.29, 0.717) is 24.2 Å². The summed E-state index contributed by atoms with van der Waals surface area (Å²) in [5.41, 5.74) is 6.03. The van der Waals surface area contributed by atoms with Crippen molar-refractivity contribution < 1.29 is 4.52 Å². The van der Waals surface area contributed by atoms with Crippen LogP contribution in [0.4, 0.5) is 5.95 Å². The molecule has 3 rings (SSSR count). The Hall–Kier alpha value is -2.71. The number of aryl methyl sites for hydroxylation is 1. The van der Waals surface area contributed by atoms with E-state index < -0.39 is 0 Å². The summed E-state index contributed by atoms with van der Waals surface area (Å²) in [5, 5.41) is 3.79. The van der Waals surface area contributed by atoms with Crippen LogP contribution < -0.4 is 10.6 Å². The Morgan fingerprint density at radius 2 is 2.00 bits per heavy atom. The quantitative estimate of drug-likeness (QED) is 0.613. The van der Waals surface area contributed by atoms with Crippen molar-refractivity contribution in [1.82, 2.24) is 25.0 Å². The molecule has 1 fully saturated rings. The zero-order chi connectivity index (χ0) is 15.4. The number of nitrogens with two attached hydrogens (primary N) is 1. The summed E-state index contributed by atoms with van der Waals surface area (Å²) in [6.07, 6.45) is 3.49. The molecule has 0 saturated carbocycles. The number of aromatic nitrogens is 4. The maximum absolute atomic E-state index is 6.03. The third kappa shape index (κ3) is 3.30. The first-order valence-corrected chi connectivity index (χ1v) is 7.08. The van der Waals surface area contributed by atoms with Crippen molar-refractivity contribution >= 4 is 11.9 Å². The number of anilines is 1. The van der Waals surface area contributed by atoms with Gasteiger partial charge in [0.15, 0.2) is 11.8 Å². The number of hydrogen-bond donors (Lipinski definition) is 1. The molecule has 9 nitrogen and oxygen atoms in total. The summed E-state index contributed by atoms with van der Waals surface area (Å²) in [6, 6.07) is 1.81. The fourth-order valence-electron chi connectivity index (χ4n) is 2.25. The second kappa shape index (κ2) is 6.37. The molecule has 0 atom stereocenters. The van der Waals surface area contributed by atoms with E-state index in [1.54, 1.807) is 19.3 Å². The van der Waals surface area contributed by atoms with Crippen molar-refractivity contribution in [3.63, 3.8) is 0 Å². The lowest BCUT2D eigenvalue weighted by molar-refractivity contribution is 0.376. The molecule has 0 amide bonds. The Morgan fingerprint density at radius 1 is 1.27 bits per heavy atom. The normalized spacial score (nSPS) is 16.1. The van der Waals surface area contributed by atoms with Crippen LogP contribution in [0.1, 0.15) is 11.7 Å². The van der Waals surface area contributed by atoms with Crippen molar-refractivity contribution in [3.05, 3.63) is 30.2 Å². The maximum atomic E-state index is 6.03.